The first-order valence-corrected chi connectivity index (χ1v) is 5.50. The lowest BCUT2D eigenvalue weighted by Gasteiger charge is -2.16. The molecule has 0 radical (unpaired) electrons. The highest BCUT2D eigenvalue weighted by Crippen LogP contribution is 1.96. The van der Waals surface area contributed by atoms with Gasteiger partial charge in [0.25, 0.3) is 0 Å². The molecule has 0 aromatic carbocycles. The van der Waals surface area contributed by atoms with Crippen LogP contribution >= 0.6 is 0 Å². The number of hydrogen-bond donors (Lipinski definition) is 1. The van der Waals surface area contributed by atoms with Crippen molar-refractivity contribution >= 4 is 5.91 Å². The molecule has 0 aliphatic rings. The number of carbonyl (C=O) groups excluding carboxylic acids is 1. The third-order valence-electron chi connectivity index (χ3n) is 2.37. The van der Waals surface area contributed by atoms with Crippen molar-refractivity contribution in [3.63, 3.8) is 0 Å². The van der Waals surface area contributed by atoms with Crippen LogP contribution in [0.25, 0.3) is 0 Å². The SMILES string of the molecule is CCCCN(C)C(=O)Cn1cc(CN)nn1. The van der Waals surface area contributed by atoms with Crippen molar-refractivity contribution in [3.05, 3.63) is 11.9 Å². The van der Waals surface area contributed by atoms with Gasteiger partial charge in [0.15, 0.2) is 0 Å². The molecule has 6 heteroatoms. The zero-order chi connectivity index (χ0) is 12.0. The molecule has 0 spiro atoms. The first-order chi connectivity index (χ1) is 7.67. The Morgan fingerprint density at radius 3 is 2.94 bits per heavy atom. The lowest BCUT2D eigenvalue weighted by atomic mass is 10.3. The molecular weight excluding hydrogens is 206 g/mol. The van der Waals surface area contributed by atoms with Crippen LogP contribution in [0.5, 0.6) is 0 Å². The summed E-state index contributed by atoms with van der Waals surface area (Å²) in [6.07, 6.45) is 3.80. The van der Waals surface area contributed by atoms with Crippen LogP contribution in [0, 0.1) is 0 Å². The van der Waals surface area contributed by atoms with Crippen LogP contribution < -0.4 is 5.73 Å². The third kappa shape index (κ3) is 3.62. The van der Waals surface area contributed by atoms with Gasteiger partial charge in [-0.2, -0.15) is 0 Å². The van der Waals surface area contributed by atoms with Gasteiger partial charge in [0, 0.05) is 20.1 Å². The summed E-state index contributed by atoms with van der Waals surface area (Å²) in [5.41, 5.74) is 6.11. The Morgan fingerprint density at radius 2 is 2.38 bits per heavy atom. The highest BCUT2D eigenvalue weighted by Gasteiger charge is 2.09. The fraction of sp³-hybridized carbons (Fsp3) is 0.700. The molecule has 1 amide bonds. The number of carbonyl (C=O) groups is 1. The van der Waals surface area contributed by atoms with E-state index in [1.165, 1.54) is 4.68 Å². The maximum atomic E-state index is 11.7. The van der Waals surface area contributed by atoms with Crippen LogP contribution in [0.4, 0.5) is 0 Å². The second-order valence-electron chi connectivity index (χ2n) is 3.78. The lowest BCUT2D eigenvalue weighted by molar-refractivity contribution is -0.130. The van der Waals surface area contributed by atoms with Crippen molar-refractivity contribution in [1.29, 1.82) is 0 Å². The first kappa shape index (κ1) is 12.6. The summed E-state index contributed by atoms with van der Waals surface area (Å²) in [6, 6.07) is 0. The maximum absolute atomic E-state index is 11.7. The van der Waals surface area contributed by atoms with Gasteiger partial charge in [-0.25, -0.2) is 4.68 Å². The minimum atomic E-state index is 0.0434. The minimum absolute atomic E-state index is 0.0434. The molecule has 2 N–H and O–H groups in total. The molecule has 0 fully saturated rings. The molecule has 0 saturated heterocycles. The smallest absolute Gasteiger partial charge is 0.244 e. The van der Waals surface area contributed by atoms with Gasteiger partial charge in [-0.15, -0.1) is 5.10 Å². The lowest BCUT2D eigenvalue weighted by Crippen LogP contribution is -2.31. The molecule has 0 saturated carbocycles. The van der Waals surface area contributed by atoms with Crippen LogP contribution in [-0.4, -0.2) is 39.4 Å². The number of rotatable bonds is 6. The van der Waals surface area contributed by atoms with Gasteiger partial charge in [0.1, 0.15) is 6.54 Å². The highest BCUT2D eigenvalue weighted by molar-refractivity contribution is 5.75. The molecule has 1 aromatic heterocycles. The van der Waals surface area contributed by atoms with Crippen LogP contribution in [0.1, 0.15) is 25.5 Å². The molecule has 0 aliphatic carbocycles. The Kier molecular flexibility index (Phi) is 4.91. The number of hydrogen-bond acceptors (Lipinski definition) is 4. The fourth-order valence-corrected chi connectivity index (χ4v) is 1.29. The molecule has 0 bridgehead atoms. The van der Waals surface area contributed by atoms with E-state index in [0.29, 0.717) is 12.2 Å². The topological polar surface area (TPSA) is 77.0 Å². The van der Waals surface area contributed by atoms with Crippen LogP contribution in [-0.2, 0) is 17.9 Å². The Labute approximate surface area is 95.4 Å². The zero-order valence-electron chi connectivity index (χ0n) is 9.89. The van der Waals surface area contributed by atoms with Crippen LogP contribution in [0.15, 0.2) is 6.20 Å². The number of nitrogens with two attached hydrogens (primary N) is 1. The van der Waals surface area contributed by atoms with E-state index in [1.807, 2.05) is 0 Å². The number of amides is 1. The Balaban J connectivity index is 2.44. The van der Waals surface area contributed by atoms with Crippen molar-refractivity contribution in [2.45, 2.75) is 32.9 Å². The molecule has 1 rings (SSSR count). The van der Waals surface area contributed by atoms with E-state index >= 15 is 0 Å². The zero-order valence-corrected chi connectivity index (χ0v) is 9.89. The normalized spacial score (nSPS) is 10.4. The second kappa shape index (κ2) is 6.22. The maximum Gasteiger partial charge on any atom is 0.244 e. The molecule has 1 aromatic rings. The molecule has 90 valence electrons. The summed E-state index contributed by atoms with van der Waals surface area (Å²) in [5.74, 6) is 0.0434. The van der Waals surface area contributed by atoms with E-state index in [1.54, 1.807) is 18.1 Å². The second-order valence-corrected chi connectivity index (χ2v) is 3.78. The standard InChI is InChI=1S/C10H19N5O/c1-3-4-5-14(2)10(16)8-15-7-9(6-11)12-13-15/h7H,3-6,8,11H2,1-2H3. The molecule has 0 aliphatic heterocycles. The summed E-state index contributed by atoms with van der Waals surface area (Å²) in [4.78, 5) is 13.4. The van der Waals surface area contributed by atoms with Gasteiger partial charge < -0.3 is 10.6 Å². The van der Waals surface area contributed by atoms with E-state index < -0.39 is 0 Å². The number of aromatic nitrogens is 3. The average Bonchev–Trinajstić information content (AvgIpc) is 2.73. The van der Waals surface area contributed by atoms with Crippen LogP contribution in [0.3, 0.4) is 0 Å². The Morgan fingerprint density at radius 1 is 1.62 bits per heavy atom. The van der Waals surface area contributed by atoms with Gasteiger partial charge in [0.2, 0.25) is 5.91 Å². The first-order valence-electron chi connectivity index (χ1n) is 5.50. The Hall–Kier alpha value is -1.43. The van der Waals surface area contributed by atoms with E-state index in [2.05, 4.69) is 17.2 Å². The number of nitrogens with zero attached hydrogens (tertiary/aromatic N) is 4. The molecule has 0 unspecified atom stereocenters. The molecule has 6 nitrogen and oxygen atoms in total. The summed E-state index contributed by atoms with van der Waals surface area (Å²) >= 11 is 0. The van der Waals surface area contributed by atoms with E-state index in [0.717, 1.165) is 19.4 Å². The predicted molar refractivity (Wildman–Crippen MR) is 60.5 cm³/mol. The Bertz CT molecular complexity index is 336. The van der Waals surface area contributed by atoms with Crippen molar-refractivity contribution < 1.29 is 4.79 Å². The quantitative estimate of drug-likeness (QED) is 0.739. The number of unbranched alkanes of at least 4 members (excludes halogenated alkanes) is 1. The predicted octanol–water partition coefficient (Wildman–Crippen LogP) is -0.00470. The molecular formula is C10H19N5O. The van der Waals surface area contributed by atoms with Crippen molar-refractivity contribution in [2.24, 2.45) is 5.73 Å². The third-order valence-corrected chi connectivity index (χ3v) is 2.37. The number of likely N-dealkylation sites (N-methyl/N-ethyl adjacent to an activating group) is 1. The van der Waals surface area contributed by atoms with E-state index in [9.17, 15) is 4.79 Å². The van der Waals surface area contributed by atoms with Gasteiger partial charge in [-0.1, -0.05) is 18.6 Å². The summed E-state index contributed by atoms with van der Waals surface area (Å²) < 4.78 is 1.52. The van der Waals surface area contributed by atoms with Gasteiger partial charge >= 0.3 is 0 Å². The van der Waals surface area contributed by atoms with Gasteiger partial charge in [-0.05, 0) is 6.42 Å². The minimum Gasteiger partial charge on any atom is -0.344 e. The summed E-state index contributed by atoms with van der Waals surface area (Å²) in [7, 11) is 1.80. The van der Waals surface area contributed by atoms with Crippen molar-refractivity contribution in [1.82, 2.24) is 19.9 Å². The average molecular weight is 225 g/mol. The van der Waals surface area contributed by atoms with Crippen molar-refractivity contribution in [3.8, 4) is 0 Å². The molecule has 1 heterocycles. The van der Waals surface area contributed by atoms with Crippen LogP contribution in [0.2, 0.25) is 0 Å². The van der Waals surface area contributed by atoms with E-state index in [4.69, 9.17) is 5.73 Å². The molecule has 16 heavy (non-hydrogen) atoms. The largest absolute Gasteiger partial charge is 0.344 e. The fourth-order valence-electron chi connectivity index (χ4n) is 1.29. The van der Waals surface area contributed by atoms with Gasteiger partial charge in [0.05, 0.1) is 11.9 Å². The monoisotopic (exact) mass is 225 g/mol. The highest BCUT2D eigenvalue weighted by atomic mass is 16.2. The molecule has 0 atom stereocenters. The van der Waals surface area contributed by atoms with Crippen molar-refractivity contribution in [2.75, 3.05) is 13.6 Å². The van der Waals surface area contributed by atoms with Gasteiger partial charge in [-0.3, -0.25) is 4.79 Å². The van der Waals surface area contributed by atoms with E-state index in [-0.39, 0.29) is 12.5 Å². The summed E-state index contributed by atoms with van der Waals surface area (Å²) in [5, 5.41) is 7.66. The summed E-state index contributed by atoms with van der Waals surface area (Å²) in [6.45, 7) is 3.46.